The maximum atomic E-state index is 11.6. The molecule has 4 nitrogen and oxygen atoms in total. The number of carbonyl (C=O) groups is 2. The Labute approximate surface area is 107 Å². The molecule has 1 amide bonds. The van der Waals surface area contributed by atoms with Gasteiger partial charge in [0.05, 0.1) is 5.75 Å². The maximum Gasteiger partial charge on any atom is 0.313 e. The van der Waals surface area contributed by atoms with Gasteiger partial charge < -0.3 is 10.4 Å². The van der Waals surface area contributed by atoms with Crippen LogP contribution in [0.5, 0.6) is 0 Å². The van der Waals surface area contributed by atoms with E-state index in [0.717, 1.165) is 0 Å². The molecule has 1 fully saturated rings. The first-order chi connectivity index (χ1) is 8.18. The second-order valence-electron chi connectivity index (χ2n) is 4.50. The van der Waals surface area contributed by atoms with E-state index in [1.165, 1.54) is 43.9 Å². The molecule has 17 heavy (non-hydrogen) atoms. The van der Waals surface area contributed by atoms with Crippen molar-refractivity contribution >= 4 is 23.6 Å². The number of amides is 1. The summed E-state index contributed by atoms with van der Waals surface area (Å²) in [6.07, 6.45) is 6.83. The molecular weight excluding hydrogens is 238 g/mol. The zero-order chi connectivity index (χ0) is 12.5. The molecule has 98 valence electrons. The van der Waals surface area contributed by atoms with Crippen LogP contribution in [0.2, 0.25) is 0 Å². The zero-order valence-electron chi connectivity index (χ0n) is 10.1. The molecule has 0 saturated heterocycles. The number of rotatable bonds is 7. The fourth-order valence-corrected chi connectivity index (χ4v) is 2.71. The highest BCUT2D eigenvalue weighted by molar-refractivity contribution is 7.99. The van der Waals surface area contributed by atoms with E-state index in [9.17, 15) is 9.59 Å². The Morgan fingerprint density at radius 1 is 1.24 bits per heavy atom. The minimum Gasteiger partial charge on any atom is -0.481 e. The van der Waals surface area contributed by atoms with Gasteiger partial charge in [-0.05, 0) is 18.8 Å². The lowest BCUT2D eigenvalue weighted by atomic mass is 9.87. The van der Waals surface area contributed by atoms with Crippen molar-refractivity contribution in [1.29, 1.82) is 0 Å². The van der Waals surface area contributed by atoms with E-state index in [1.54, 1.807) is 0 Å². The fourth-order valence-electron chi connectivity index (χ4n) is 2.15. The molecule has 0 bridgehead atoms. The summed E-state index contributed by atoms with van der Waals surface area (Å²) in [5.41, 5.74) is 0. The minimum absolute atomic E-state index is 0.110. The molecule has 0 aromatic heterocycles. The predicted molar refractivity (Wildman–Crippen MR) is 69.2 cm³/mol. The van der Waals surface area contributed by atoms with Crippen molar-refractivity contribution in [2.45, 2.75) is 38.5 Å². The summed E-state index contributed by atoms with van der Waals surface area (Å²) < 4.78 is 0. The number of thioether (sulfide) groups is 1. The standard InChI is InChI=1S/C12H21NO3S/c14-11(8-10-4-2-1-3-5-10)13-6-7-17-9-12(15)16/h10H,1-9H2,(H,13,14)(H,15,16). The Bertz CT molecular complexity index is 252. The lowest BCUT2D eigenvalue weighted by Gasteiger charge is -2.20. The number of hydrogen-bond acceptors (Lipinski definition) is 3. The fraction of sp³-hybridized carbons (Fsp3) is 0.833. The Balaban J connectivity index is 1.98. The van der Waals surface area contributed by atoms with Crippen LogP contribution in [-0.4, -0.2) is 35.0 Å². The molecular formula is C12H21NO3S. The number of hydrogen-bond donors (Lipinski definition) is 2. The van der Waals surface area contributed by atoms with Crippen molar-refractivity contribution in [2.24, 2.45) is 5.92 Å². The number of aliphatic carboxylic acids is 1. The quantitative estimate of drug-likeness (QED) is 0.685. The first kappa shape index (κ1) is 14.4. The molecule has 0 aromatic carbocycles. The Morgan fingerprint density at radius 2 is 1.94 bits per heavy atom. The summed E-state index contributed by atoms with van der Waals surface area (Å²) in [6.45, 7) is 0.573. The van der Waals surface area contributed by atoms with E-state index in [0.29, 0.717) is 24.6 Å². The molecule has 1 aliphatic carbocycles. The summed E-state index contributed by atoms with van der Waals surface area (Å²) >= 11 is 1.34. The van der Waals surface area contributed by atoms with E-state index in [4.69, 9.17) is 5.11 Å². The first-order valence-electron chi connectivity index (χ1n) is 6.24. The average molecular weight is 259 g/mol. The van der Waals surface area contributed by atoms with Crippen molar-refractivity contribution in [3.8, 4) is 0 Å². The van der Waals surface area contributed by atoms with Crippen molar-refractivity contribution in [2.75, 3.05) is 18.1 Å². The van der Waals surface area contributed by atoms with Gasteiger partial charge >= 0.3 is 5.97 Å². The van der Waals surface area contributed by atoms with E-state index in [1.807, 2.05) is 0 Å². The third kappa shape index (κ3) is 7.26. The van der Waals surface area contributed by atoms with Gasteiger partial charge in [-0.15, -0.1) is 11.8 Å². The van der Waals surface area contributed by atoms with Crippen LogP contribution in [0, 0.1) is 5.92 Å². The van der Waals surface area contributed by atoms with Crippen molar-refractivity contribution in [1.82, 2.24) is 5.32 Å². The highest BCUT2D eigenvalue weighted by Gasteiger charge is 2.16. The van der Waals surface area contributed by atoms with Crippen LogP contribution < -0.4 is 5.32 Å². The van der Waals surface area contributed by atoms with Gasteiger partial charge in [-0.25, -0.2) is 0 Å². The molecule has 0 atom stereocenters. The van der Waals surface area contributed by atoms with Gasteiger partial charge in [-0.1, -0.05) is 19.3 Å². The third-order valence-corrected chi connectivity index (χ3v) is 3.94. The monoisotopic (exact) mass is 259 g/mol. The molecule has 0 spiro atoms. The average Bonchev–Trinajstić information content (AvgIpc) is 2.29. The van der Waals surface area contributed by atoms with E-state index in [2.05, 4.69) is 5.32 Å². The lowest BCUT2D eigenvalue weighted by Crippen LogP contribution is -2.28. The first-order valence-corrected chi connectivity index (χ1v) is 7.40. The summed E-state index contributed by atoms with van der Waals surface area (Å²) in [5.74, 6) is 0.660. The second-order valence-corrected chi connectivity index (χ2v) is 5.61. The molecule has 0 aromatic rings. The summed E-state index contributed by atoms with van der Waals surface area (Å²) in [6, 6.07) is 0. The molecule has 1 saturated carbocycles. The van der Waals surface area contributed by atoms with Gasteiger partial charge in [0.2, 0.25) is 5.91 Å². The van der Waals surface area contributed by atoms with Crippen LogP contribution in [-0.2, 0) is 9.59 Å². The van der Waals surface area contributed by atoms with Crippen molar-refractivity contribution in [3.63, 3.8) is 0 Å². The van der Waals surface area contributed by atoms with Crippen LogP contribution in [0.15, 0.2) is 0 Å². The Kier molecular flexibility index (Phi) is 7.08. The summed E-state index contributed by atoms with van der Waals surface area (Å²) in [4.78, 5) is 21.8. The molecule has 2 N–H and O–H groups in total. The molecule has 1 rings (SSSR count). The largest absolute Gasteiger partial charge is 0.481 e. The molecule has 0 radical (unpaired) electrons. The van der Waals surface area contributed by atoms with Gasteiger partial charge in [-0.2, -0.15) is 0 Å². The van der Waals surface area contributed by atoms with Gasteiger partial charge in [-0.3, -0.25) is 9.59 Å². The van der Waals surface area contributed by atoms with E-state index in [-0.39, 0.29) is 11.7 Å². The van der Waals surface area contributed by atoms with Crippen molar-refractivity contribution < 1.29 is 14.7 Å². The second kappa shape index (κ2) is 8.39. The molecule has 0 aliphatic heterocycles. The van der Waals surface area contributed by atoms with Gasteiger partial charge in [0, 0.05) is 18.7 Å². The SMILES string of the molecule is O=C(O)CSCCNC(=O)CC1CCCCC1. The summed E-state index contributed by atoms with van der Waals surface area (Å²) in [5, 5.41) is 11.3. The van der Waals surface area contributed by atoms with Crippen LogP contribution in [0.1, 0.15) is 38.5 Å². The van der Waals surface area contributed by atoms with Crippen LogP contribution >= 0.6 is 11.8 Å². The highest BCUT2D eigenvalue weighted by Crippen LogP contribution is 2.25. The molecule has 1 aliphatic rings. The number of carbonyl (C=O) groups excluding carboxylic acids is 1. The lowest BCUT2D eigenvalue weighted by molar-refractivity contribution is -0.133. The zero-order valence-corrected chi connectivity index (χ0v) is 10.9. The maximum absolute atomic E-state index is 11.6. The Morgan fingerprint density at radius 3 is 2.59 bits per heavy atom. The van der Waals surface area contributed by atoms with Crippen LogP contribution in [0.3, 0.4) is 0 Å². The van der Waals surface area contributed by atoms with Crippen LogP contribution in [0.4, 0.5) is 0 Å². The Hall–Kier alpha value is -0.710. The normalized spacial score (nSPS) is 16.7. The minimum atomic E-state index is -0.802. The summed E-state index contributed by atoms with van der Waals surface area (Å²) in [7, 11) is 0. The van der Waals surface area contributed by atoms with Gasteiger partial charge in [0.1, 0.15) is 0 Å². The van der Waals surface area contributed by atoms with Crippen LogP contribution in [0.25, 0.3) is 0 Å². The van der Waals surface area contributed by atoms with Gasteiger partial charge in [0.25, 0.3) is 0 Å². The van der Waals surface area contributed by atoms with E-state index < -0.39 is 5.97 Å². The smallest absolute Gasteiger partial charge is 0.313 e. The predicted octanol–water partition coefficient (Wildman–Crippen LogP) is 1.89. The topological polar surface area (TPSA) is 66.4 Å². The highest BCUT2D eigenvalue weighted by atomic mass is 32.2. The number of carboxylic acids is 1. The third-order valence-electron chi connectivity index (χ3n) is 2.99. The number of nitrogens with one attached hydrogen (secondary N) is 1. The van der Waals surface area contributed by atoms with Gasteiger partial charge in [0.15, 0.2) is 0 Å². The number of carboxylic acid groups (broad SMARTS) is 1. The molecule has 5 heteroatoms. The molecule has 0 unspecified atom stereocenters. The van der Waals surface area contributed by atoms with E-state index >= 15 is 0 Å². The van der Waals surface area contributed by atoms with Crippen molar-refractivity contribution in [3.05, 3.63) is 0 Å². The molecule has 0 heterocycles.